The Morgan fingerprint density at radius 2 is 2.19 bits per heavy atom. The maximum absolute atomic E-state index is 12.3. The number of hydrogen-bond acceptors (Lipinski definition) is 3. The van der Waals surface area contributed by atoms with Crippen molar-refractivity contribution in [1.29, 1.82) is 5.26 Å². The van der Waals surface area contributed by atoms with Crippen LogP contribution in [0.25, 0.3) is 0 Å². The molecule has 3 rings (SSSR count). The number of benzene rings is 1. The van der Waals surface area contributed by atoms with Crippen LogP contribution in [0.3, 0.4) is 0 Å². The number of rotatable bonds is 4. The minimum absolute atomic E-state index is 0.0200. The predicted octanol–water partition coefficient (Wildman–Crippen LogP) is 2.49. The molecule has 0 bridgehead atoms. The molecule has 1 aromatic rings. The molecule has 5 heteroatoms. The van der Waals surface area contributed by atoms with Crippen LogP contribution in [-0.4, -0.2) is 25.2 Å². The van der Waals surface area contributed by atoms with Gasteiger partial charge in [-0.2, -0.15) is 5.26 Å². The lowest BCUT2D eigenvalue weighted by molar-refractivity contribution is -0.123. The largest absolute Gasteiger partial charge is 0.381 e. The molecular formula is C16H17ClN2O2. The minimum atomic E-state index is -0.438. The van der Waals surface area contributed by atoms with E-state index in [1.54, 1.807) is 0 Å². The lowest BCUT2D eigenvalue weighted by atomic mass is 10.00. The molecule has 4 nitrogen and oxygen atoms in total. The standard InChI is InChI=1S/C16H17ClN2O2/c17-12-3-1-10(2-4-12)13-7-14(13)16(20)19-15(8-18)11-5-6-21-9-11/h1-4,11,13-15H,5-7,9H2,(H,19,20)/t11-,13-,14+,15-/m0/s1. The second-order valence-electron chi connectivity index (χ2n) is 5.74. The zero-order valence-electron chi connectivity index (χ0n) is 11.6. The van der Waals surface area contributed by atoms with Gasteiger partial charge in [0, 0.05) is 23.5 Å². The van der Waals surface area contributed by atoms with Gasteiger partial charge in [0.1, 0.15) is 6.04 Å². The van der Waals surface area contributed by atoms with Gasteiger partial charge >= 0.3 is 0 Å². The van der Waals surface area contributed by atoms with Crippen LogP contribution in [0, 0.1) is 23.2 Å². The van der Waals surface area contributed by atoms with Gasteiger partial charge in [-0.3, -0.25) is 4.79 Å². The van der Waals surface area contributed by atoms with Crippen LogP contribution in [-0.2, 0) is 9.53 Å². The van der Waals surface area contributed by atoms with E-state index in [4.69, 9.17) is 16.3 Å². The Morgan fingerprint density at radius 3 is 2.81 bits per heavy atom. The monoisotopic (exact) mass is 304 g/mol. The van der Waals surface area contributed by atoms with Gasteiger partial charge in [0.2, 0.25) is 5.91 Å². The van der Waals surface area contributed by atoms with Crippen LogP contribution >= 0.6 is 11.6 Å². The van der Waals surface area contributed by atoms with Crippen molar-refractivity contribution in [3.05, 3.63) is 34.9 Å². The molecule has 1 aliphatic heterocycles. The van der Waals surface area contributed by atoms with Crippen LogP contribution < -0.4 is 5.32 Å². The van der Waals surface area contributed by atoms with E-state index in [0.717, 1.165) is 18.4 Å². The van der Waals surface area contributed by atoms with Gasteiger partial charge in [0.15, 0.2) is 0 Å². The summed E-state index contributed by atoms with van der Waals surface area (Å²) >= 11 is 5.87. The molecule has 2 fully saturated rings. The molecule has 1 saturated heterocycles. The number of nitriles is 1. The van der Waals surface area contributed by atoms with E-state index in [2.05, 4.69) is 11.4 Å². The number of carbonyl (C=O) groups is 1. The van der Waals surface area contributed by atoms with Crippen molar-refractivity contribution in [1.82, 2.24) is 5.32 Å². The molecule has 1 N–H and O–H groups in total. The summed E-state index contributed by atoms with van der Waals surface area (Å²) in [6.07, 6.45) is 1.68. The molecule has 1 aromatic carbocycles. The van der Waals surface area contributed by atoms with Gasteiger partial charge in [0.05, 0.1) is 12.7 Å². The van der Waals surface area contributed by atoms with Gasteiger partial charge in [-0.15, -0.1) is 0 Å². The van der Waals surface area contributed by atoms with Crippen molar-refractivity contribution >= 4 is 17.5 Å². The van der Waals surface area contributed by atoms with E-state index in [1.165, 1.54) is 0 Å². The van der Waals surface area contributed by atoms with Crippen LogP contribution in [0.2, 0.25) is 5.02 Å². The van der Waals surface area contributed by atoms with E-state index in [-0.39, 0.29) is 23.7 Å². The summed E-state index contributed by atoms with van der Waals surface area (Å²) in [5, 5.41) is 12.8. The highest BCUT2D eigenvalue weighted by molar-refractivity contribution is 6.30. The molecule has 4 atom stereocenters. The third kappa shape index (κ3) is 3.20. The Hall–Kier alpha value is -1.57. The Labute approximate surface area is 129 Å². The number of halogens is 1. The van der Waals surface area contributed by atoms with Gasteiger partial charge in [0.25, 0.3) is 0 Å². The van der Waals surface area contributed by atoms with Crippen molar-refractivity contribution in [2.24, 2.45) is 11.8 Å². The number of nitrogens with zero attached hydrogens (tertiary/aromatic N) is 1. The van der Waals surface area contributed by atoms with Gasteiger partial charge in [-0.05, 0) is 36.5 Å². The molecule has 1 amide bonds. The summed E-state index contributed by atoms with van der Waals surface area (Å²) in [5.41, 5.74) is 1.14. The normalized spacial score (nSPS) is 28.7. The quantitative estimate of drug-likeness (QED) is 0.929. The fourth-order valence-electron chi connectivity index (χ4n) is 2.89. The third-order valence-electron chi connectivity index (χ3n) is 4.30. The molecule has 0 unspecified atom stereocenters. The average Bonchev–Trinajstić information content (AvgIpc) is 3.11. The van der Waals surface area contributed by atoms with E-state index in [1.807, 2.05) is 24.3 Å². The lowest BCUT2D eigenvalue weighted by Crippen LogP contribution is -2.40. The number of nitrogens with one attached hydrogen (secondary N) is 1. The van der Waals surface area contributed by atoms with Crippen LogP contribution in [0.1, 0.15) is 24.3 Å². The zero-order chi connectivity index (χ0) is 14.8. The van der Waals surface area contributed by atoms with E-state index in [0.29, 0.717) is 18.2 Å². The summed E-state index contributed by atoms with van der Waals surface area (Å²) < 4.78 is 5.28. The van der Waals surface area contributed by atoms with E-state index in [9.17, 15) is 10.1 Å². The first-order valence-corrected chi connectivity index (χ1v) is 7.60. The van der Waals surface area contributed by atoms with Gasteiger partial charge < -0.3 is 10.1 Å². The van der Waals surface area contributed by atoms with Gasteiger partial charge in [-0.1, -0.05) is 23.7 Å². The molecular weight excluding hydrogens is 288 g/mol. The van der Waals surface area contributed by atoms with Crippen molar-refractivity contribution in [2.75, 3.05) is 13.2 Å². The molecule has 0 radical (unpaired) electrons. The Morgan fingerprint density at radius 1 is 1.43 bits per heavy atom. The summed E-state index contributed by atoms with van der Waals surface area (Å²) in [5.74, 6) is 0.325. The number of hydrogen-bond donors (Lipinski definition) is 1. The molecule has 0 spiro atoms. The van der Waals surface area contributed by atoms with Crippen molar-refractivity contribution < 1.29 is 9.53 Å². The molecule has 1 saturated carbocycles. The van der Waals surface area contributed by atoms with Crippen LogP contribution in [0.15, 0.2) is 24.3 Å². The molecule has 0 aromatic heterocycles. The molecule has 1 aliphatic carbocycles. The second-order valence-corrected chi connectivity index (χ2v) is 6.18. The SMILES string of the molecule is N#C[C@H](NC(=O)[C@@H]1C[C@H]1c1ccc(Cl)cc1)[C@H]1CCOC1. The highest BCUT2D eigenvalue weighted by atomic mass is 35.5. The number of ether oxygens (including phenoxy) is 1. The lowest BCUT2D eigenvalue weighted by Gasteiger charge is -2.16. The second kappa shape index (κ2) is 6.05. The maximum atomic E-state index is 12.3. The average molecular weight is 305 g/mol. The minimum Gasteiger partial charge on any atom is -0.381 e. The van der Waals surface area contributed by atoms with E-state index < -0.39 is 6.04 Å². The van der Waals surface area contributed by atoms with Crippen LogP contribution in [0.4, 0.5) is 0 Å². The molecule has 21 heavy (non-hydrogen) atoms. The van der Waals surface area contributed by atoms with Crippen molar-refractivity contribution in [2.45, 2.75) is 24.8 Å². The first kappa shape index (κ1) is 14.4. The highest BCUT2D eigenvalue weighted by Gasteiger charge is 2.45. The highest BCUT2D eigenvalue weighted by Crippen LogP contribution is 2.47. The zero-order valence-corrected chi connectivity index (χ0v) is 12.3. The van der Waals surface area contributed by atoms with Crippen LogP contribution in [0.5, 0.6) is 0 Å². The fraction of sp³-hybridized carbons (Fsp3) is 0.500. The Kier molecular flexibility index (Phi) is 4.14. The summed E-state index contributed by atoms with van der Waals surface area (Å²) in [4.78, 5) is 12.3. The fourth-order valence-corrected chi connectivity index (χ4v) is 3.02. The summed E-state index contributed by atoms with van der Waals surface area (Å²) in [6, 6.07) is 9.37. The molecule has 110 valence electrons. The summed E-state index contributed by atoms with van der Waals surface area (Å²) in [7, 11) is 0. The van der Waals surface area contributed by atoms with Crippen molar-refractivity contribution in [3.63, 3.8) is 0 Å². The predicted molar refractivity (Wildman–Crippen MR) is 78.8 cm³/mol. The van der Waals surface area contributed by atoms with Crippen molar-refractivity contribution in [3.8, 4) is 6.07 Å². The molecule has 1 heterocycles. The Bertz CT molecular complexity index is 561. The van der Waals surface area contributed by atoms with Gasteiger partial charge in [-0.25, -0.2) is 0 Å². The number of carbonyl (C=O) groups excluding carboxylic acids is 1. The third-order valence-corrected chi connectivity index (χ3v) is 4.55. The smallest absolute Gasteiger partial charge is 0.224 e. The topological polar surface area (TPSA) is 62.1 Å². The molecule has 2 aliphatic rings. The first-order chi connectivity index (χ1) is 10.2. The number of amides is 1. The first-order valence-electron chi connectivity index (χ1n) is 7.22. The van der Waals surface area contributed by atoms with E-state index >= 15 is 0 Å². The maximum Gasteiger partial charge on any atom is 0.224 e. The Balaban J connectivity index is 1.57. The summed E-state index contributed by atoms with van der Waals surface area (Å²) in [6.45, 7) is 1.24.